The first-order chi connectivity index (χ1) is 16.4. The summed E-state index contributed by atoms with van der Waals surface area (Å²) >= 11 is 0. The molecule has 4 rings (SSSR count). The lowest BCUT2D eigenvalue weighted by molar-refractivity contribution is -0.736. The number of carboxylic acids is 1. The number of carbonyl (C=O) groups is 1. The summed E-state index contributed by atoms with van der Waals surface area (Å²) in [6, 6.07) is 17.0. The molecule has 0 bridgehead atoms. The van der Waals surface area contributed by atoms with Crippen LogP contribution in [0.3, 0.4) is 0 Å². The highest BCUT2D eigenvalue weighted by atomic mass is 32.2. The van der Waals surface area contributed by atoms with Gasteiger partial charge in [0.1, 0.15) is 11.3 Å². The van der Waals surface area contributed by atoms with Crippen molar-refractivity contribution in [1.82, 2.24) is 9.97 Å². The van der Waals surface area contributed by atoms with Crippen molar-refractivity contribution < 1.29 is 29.0 Å². The first kappa shape index (κ1) is 22.6. The van der Waals surface area contributed by atoms with Gasteiger partial charge in [-0.2, -0.15) is 0 Å². The SMILES string of the molecule is CO[N+](=O)c1cccc(S(=O)Nc2nc3ccccc3nc2Nc2ccc(C(=O)O)c(O)c2)c1. The third kappa shape index (κ3) is 4.76. The molecule has 1 atom stereocenters. The van der Waals surface area contributed by atoms with Crippen LogP contribution in [0, 0.1) is 4.91 Å². The molecule has 0 radical (unpaired) electrons. The lowest BCUT2D eigenvalue weighted by atomic mass is 10.2. The highest BCUT2D eigenvalue weighted by Gasteiger charge is 2.19. The van der Waals surface area contributed by atoms with E-state index in [1.54, 1.807) is 36.4 Å². The van der Waals surface area contributed by atoms with Crippen molar-refractivity contribution in [2.45, 2.75) is 4.90 Å². The molecule has 12 heteroatoms. The fourth-order valence-corrected chi connectivity index (χ4v) is 3.92. The third-order valence-electron chi connectivity index (χ3n) is 4.66. The van der Waals surface area contributed by atoms with E-state index in [2.05, 4.69) is 24.8 Å². The minimum Gasteiger partial charge on any atom is -0.507 e. The zero-order valence-electron chi connectivity index (χ0n) is 17.6. The molecule has 0 amide bonds. The molecule has 4 aromatic rings. The van der Waals surface area contributed by atoms with Gasteiger partial charge in [0.25, 0.3) is 4.92 Å². The molecule has 1 aromatic heterocycles. The average Bonchev–Trinajstić information content (AvgIpc) is 2.83. The summed E-state index contributed by atoms with van der Waals surface area (Å²) in [7, 11) is -0.609. The van der Waals surface area contributed by atoms with Gasteiger partial charge in [0.2, 0.25) is 0 Å². The molecule has 34 heavy (non-hydrogen) atoms. The summed E-state index contributed by atoms with van der Waals surface area (Å²) in [4.78, 5) is 37.1. The minimum atomic E-state index is -1.83. The van der Waals surface area contributed by atoms with Crippen molar-refractivity contribution in [2.75, 3.05) is 17.1 Å². The van der Waals surface area contributed by atoms with E-state index in [-0.39, 0.29) is 27.8 Å². The second-order valence-electron chi connectivity index (χ2n) is 6.88. The van der Waals surface area contributed by atoms with E-state index in [9.17, 15) is 19.0 Å². The molecule has 11 nitrogen and oxygen atoms in total. The van der Waals surface area contributed by atoms with Gasteiger partial charge in [-0.05, 0) is 30.3 Å². The molecule has 3 aromatic carbocycles. The number of nitrogens with zero attached hydrogens (tertiary/aromatic N) is 3. The number of benzene rings is 3. The molecule has 0 saturated heterocycles. The first-order valence-corrected chi connectivity index (χ1v) is 10.9. The number of hydrogen-bond acceptors (Lipinski definition) is 8. The topological polar surface area (TPSA) is 154 Å². The van der Waals surface area contributed by atoms with E-state index in [0.717, 1.165) is 0 Å². The molecular weight excluding hydrogens is 462 g/mol. The van der Waals surface area contributed by atoms with Gasteiger partial charge in [0.15, 0.2) is 29.7 Å². The first-order valence-electron chi connectivity index (χ1n) is 9.75. The molecular formula is C22H18N5O6S+. The standard InChI is InChI=1S/C22H17N5O6S/c1-33-27(31)14-5-4-6-15(12-14)34(32)26-21-20(24-17-7-2-3-8-18(17)25-21)23-13-9-10-16(22(29)30)19(28)11-13/h2-12H,1H3,(H3-,23,24,25,26,28,29,30)/p+1. The van der Waals surface area contributed by atoms with Gasteiger partial charge in [-0.1, -0.05) is 18.2 Å². The normalized spacial score (nSPS) is 11.6. The van der Waals surface area contributed by atoms with E-state index in [1.165, 1.54) is 37.4 Å². The predicted octanol–water partition coefficient (Wildman–Crippen LogP) is 3.88. The van der Waals surface area contributed by atoms with Crippen LogP contribution in [0.15, 0.2) is 71.6 Å². The molecule has 0 aliphatic heterocycles. The summed E-state index contributed by atoms with van der Waals surface area (Å²) in [6.45, 7) is 0. The Morgan fingerprint density at radius 2 is 1.71 bits per heavy atom. The van der Waals surface area contributed by atoms with Gasteiger partial charge in [-0.25, -0.2) is 23.8 Å². The van der Waals surface area contributed by atoms with E-state index in [0.29, 0.717) is 21.6 Å². The second kappa shape index (κ2) is 9.50. The van der Waals surface area contributed by atoms with Crippen molar-refractivity contribution >= 4 is 51.0 Å². The number of para-hydroxylation sites is 2. The molecule has 0 aliphatic carbocycles. The van der Waals surface area contributed by atoms with Crippen LogP contribution in [0.25, 0.3) is 11.0 Å². The summed E-state index contributed by atoms with van der Waals surface area (Å²) in [5, 5.41) is 22.1. The number of fused-ring (bicyclic) bond motifs is 1. The average molecular weight is 480 g/mol. The van der Waals surface area contributed by atoms with Gasteiger partial charge in [-0.15, -0.1) is 0 Å². The van der Waals surface area contributed by atoms with Crippen molar-refractivity contribution in [2.24, 2.45) is 0 Å². The number of anilines is 3. The summed E-state index contributed by atoms with van der Waals surface area (Å²) in [5.41, 5.74) is 1.34. The van der Waals surface area contributed by atoms with Crippen LogP contribution in [0.4, 0.5) is 23.0 Å². The molecule has 4 N–H and O–H groups in total. The number of aromatic hydroxyl groups is 1. The Labute approximate surface area is 195 Å². The molecule has 0 aliphatic rings. The molecule has 1 unspecified atom stereocenters. The zero-order chi connectivity index (χ0) is 24.2. The van der Waals surface area contributed by atoms with E-state index >= 15 is 0 Å². The molecule has 0 fully saturated rings. The Kier molecular flexibility index (Phi) is 6.32. The highest BCUT2D eigenvalue weighted by Crippen LogP contribution is 2.29. The van der Waals surface area contributed by atoms with E-state index in [4.69, 9.17) is 5.11 Å². The van der Waals surface area contributed by atoms with E-state index < -0.39 is 22.7 Å². The van der Waals surface area contributed by atoms with Gasteiger partial charge < -0.3 is 15.5 Å². The summed E-state index contributed by atoms with van der Waals surface area (Å²) in [6.07, 6.45) is 0. The number of aromatic nitrogens is 2. The summed E-state index contributed by atoms with van der Waals surface area (Å²) in [5.74, 6) is -1.37. The van der Waals surface area contributed by atoms with E-state index in [1.807, 2.05) is 0 Å². The Morgan fingerprint density at radius 3 is 2.35 bits per heavy atom. The van der Waals surface area contributed by atoms with Gasteiger partial charge in [0, 0.05) is 23.9 Å². The maximum atomic E-state index is 13.0. The lowest BCUT2D eigenvalue weighted by Crippen LogP contribution is -2.10. The molecule has 0 spiro atoms. The monoisotopic (exact) mass is 480 g/mol. The van der Waals surface area contributed by atoms with Crippen LogP contribution in [-0.4, -0.2) is 42.4 Å². The molecule has 1 heterocycles. The number of phenols is 1. The van der Waals surface area contributed by atoms with Crippen LogP contribution in [0.5, 0.6) is 5.75 Å². The van der Waals surface area contributed by atoms with Crippen LogP contribution >= 0.6 is 0 Å². The molecule has 0 saturated carbocycles. The maximum Gasteiger partial charge on any atom is 0.339 e. The van der Waals surface area contributed by atoms with Gasteiger partial charge >= 0.3 is 11.7 Å². The number of carboxylic acid groups (broad SMARTS) is 1. The fraction of sp³-hybridized carbons (Fsp3) is 0.0455. The Bertz CT molecular complexity index is 1440. The smallest absolute Gasteiger partial charge is 0.339 e. The van der Waals surface area contributed by atoms with Crippen molar-refractivity contribution in [1.29, 1.82) is 0 Å². The van der Waals surface area contributed by atoms with Crippen LogP contribution in [-0.2, 0) is 15.8 Å². The summed E-state index contributed by atoms with van der Waals surface area (Å²) < 4.78 is 15.8. The number of rotatable bonds is 8. The molecule has 172 valence electrons. The Hall–Kier alpha value is -4.58. The van der Waals surface area contributed by atoms with Crippen molar-refractivity contribution in [3.63, 3.8) is 0 Å². The van der Waals surface area contributed by atoms with Gasteiger partial charge in [-0.3, -0.25) is 4.72 Å². The van der Waals surface area contributed by atoms with Crippen molar-refractivity contribution in [3.8, 4) is 5.75 Å². The Balaban J connectivity index is 1.70. The lowest BCUT2D eigenvalue weighted by Gasteiger charge is -2.13. The third-order valence-corrected chi connectivity index (χ3v) is 5.72. The number of aromatic carboxylic acids is 1. The van der Waals surface area contributed by atoms with Crippen LogP contribution < -0.4 is 10.0 Å². The van der Waals surface area contributed by atoms with Crippen molar-refractivity contribution in [3.05, 3.63) is 77.2 Å². The fourth-order valence-electron chi connectivity index (χ4n) is 3.05. The van der Waals surface area contributed by atoms with Gasteiger partial charge in [0.05, 0.1) is 20.8 Å². The van der Waals surface area contributed by atoms with Crippen LogP contribution in [0.1, 0.15) is 10.4 Å². The largest absolute Gasteiger partial charge is 0.507 e. The second-order valence-corrected chi connectivity index (χ2v) is 8.09. The zero-order valence-corrected chi connectivity index (χ0v) is 18.4. The predicted molar refractivity (Wildman–Crippen MR) is 125 cm³/mol. The Morgan fingerprint density at radius 1 is 1.00 bits per heavy atom. The quantitative estimate of drug-likeness (QED) is 0.275. The maximum absolute atomic E-state index is 13.0. The minimum absolute atomic E-state index is 0.134. The number of hydrogen-bond donors (Lipinski definition) is 4. The van der Waals surface area contributed by atoms with Crippen LogP contribution in [0.2, 0.25) is 0 Å². The highest BCUT2D eigenvalue weighted by molar-refractivity contribution is 7.86. The number of nitrogens with one attached hydrogen (secondary N) is 2.